The Labute approximate surface area is 186 Å². The Hall–Kier alpha value is -2.33. The van der Waals surface area contributed by atoms with Gasteiger partial charge in [0.25, 0.3) is 0 Å². The minimum atomic E-state index is 0.220. The fourth-order valence-electron chi connectivity index (χ4n) is 5.40. The fourth-order valence-corrected chi connectivity index (χ4v) is 5.40. The van der Waals surface area contributed by atoms with E-state index in [9.17, 15) is 4.79 Å². The molecule has 1 saturated heterocycles. The molecule has 3 fully saturated rings. The molecular formula is C27H35N3O. The van der Waals surface area contributed by atoms with Crippen molar-refractivity contribution in [1.29, 1.82) is 0 Å². The average Bonchev–Trinajstić information content (AvgIpc) is 3.65. The van der Waals surface area contributed by atoms with Crippen LogP contribution in [-0.4, -0.2) is 39.5 Å². The molecule has 2 saturated carbocycles. The van der Waals surface area contributed by atoms with Gasteiger partial charge in [-0.1, -0.05) is 6.92 Å². The van der Waals surface area contributed by atoms with Gasteiger partial charge in [0.15, 0.2) is 5.78 Å². The SMILES string of the molecule is CCN1CC(=Cc2cc(C)n(C3CC3)c2C)C(=O)C(=Cc2cc(C)n(C3CC3)c2C)C1. The van der Waals surface area contributed by atoms with E-state index < -0.39 is 0 Å². The molecule has 0 amide bonds. The minimum absolute atomic E-state index is 0.220. The van der Waals surface area contributed by atoms with E-state index in [-0.39, 0.29) is 5.78 Å². The largest absolute Gasteiger partial charge is 0.346 e. The van der Waals surface area contributed by atoms with Crippen molar-refractivity contribution >= 4 is 17.9 Å². The highest BCUT2D eigenvalue weighted by Crippen LogP contribution is 2.40. The number of nitrogens with zero attached hydrogens (tertiary/aromatic N) is 3. The van der Waals surface area contributed by atoms with Crippen LogP contribution in [0.4, 0.5) is 0 Å². The number of hydrogen-bond acceptors (Lipinski definition) is 2. The van der Waals surface area contributed by atoms with Gasteiger partial charge in [-0.3, -0.25) is 9.69 Å². The number of piperidine rings is 1. The molecule has 164 valence electrons. The van der Waals surface area contributed by atoms with Crippen molar-refractivity contribution < 1.29 is 4.79 Å². The molecule has 0 spiro atoms. The van der Waals surface area contributed by atoms with Gasteiger partial charge in [-0.25, -0.2) is 0 Å². The van der Waals surface area contributed by atoms with E-state index in [1.165, 1.54) is 59.6 Å². The predicted octanol–water partition coefficient (Wildman–Crippen LogP) is 5.56. The number of likely N-dealkylation sites (tertiary alicyclic amines) is 1. The molecule has 2 aliphatic carbocycles. The first-order valence-corrected chi connectivity index (χ1v) is 11.9. The zero-order valence-electron chi connectivity index (χ0n) is 19.7. The van der Waals surface area contributed by atoms with Crippen LogP contribution in [0.5, 0.6) is 0 Å². The van der Waals surface area contributed by atoms with Crippen LogP contribution in [0.25, 0.3) is 12.2 Å². The van der Waals surface area contributed by atoms with Crippen LogP contribution in [0.1, 0.15) is 78.6 Å². The Morgan fingerprint density at radius 1 is 0.806 bits per heavy atom. The summed E-state index contributed by atoms with van der Waals surface area (Å²) in [6.07, 6.45) is 9.43. The Morgan fingerprint density at radius 3 is 1.58 bits per heavy atom. The summed E-state index contributed by atoms with van der Waals surface area (Å²) in [6, 6.07) is 5.84. The summed E-state index contributed by atoms with van der Waals surface area (Å²) in [6.45, 7) is 13.4. The van der Waals surface area contributed by atoms with E-state index in [1.807, 2.05) is 0 Å². The summed E-state index contributed by atoms with van der Waals surface area (Å²) >= 11 is 0. The van der Waals surface area contributed by atoms with Crippen LogP contribution in [-0.2, 0) is 4.79 Å². The van der Waals surface area contributed by atoms with E-state index >= 15 is 0 Å². The van der Waals surface area contributed by atoms with Gasteiger partial charge in [0.1, 0.15) is 0 Å². The highest BCUT2D eigenvalue weighted by molar-refractivity contribution is 6.14. The Balaban J connectivity index is 1.50. The van der Waals surface area contributed by atoms with E-state index in [1.54, 1.807) is 0 Å². The maximum absolute atomic E-state index is 13.5. The quantitative estimate of drug-likeness (QED) is 0.596. The van der Waals surface area contributed by atoms with Gasteiger partial charge in [-0.2, -0.15) is 0 Å². The number of hydrogen-bond donors (Lipinski definition) is 0. The molecule has 0 bridgehead atoms. The molecule has 3 aliphatic rings. The maximum Gasteiger partial charge on any atom is 0.187 e. The number of aromatic nitrogens is 2. The maximum atomic E-state index is 13.5. The van der Waals surface area contributed by atoms with Crippen LogP contribution in [0.3, 0.4) is 0 Å². The van der Waals surface area contributed by atoms with Gasteiger partial charge in [0, 0.05) is 59.1 Å². The number of carbonyl (C=O) groups excluding carboxylic acids is 1. The first kappa shape index (κ1) is 20.6. The Morgan fingerprint density at radius 2 is 1.23 bits per heavy atom. The third-order valence-corrected chi connectivity index (χ3v) is 7.35. The molecule has 4 nitrogen and oxygen atoms in total. The number of aryl methyl sites for hydroxylation is 2. The first-order chi connectivity index (χ1) is 14.9. The van der Waals surface area contributed by atoms with Crippen molar-refractivity contribution in [2.24, 2.45) is 0 Å². The Kier molecular flexibility index (Phi) is 5.09. The van der Waals surface area contributed by atoms with Gasteiger partial charge < -0.3 is 9.13 Å². The lowest BCUT2D eigenvalue weighted by atomic mass is 9.94. The van der Waals surface area contributed by atoms with Gasteiger partial charge in [-0.05, 0) is 95.3 Å². The summed E-state index contributed by atoms with van der Waals surface area (Å²) in [5.74, 6) is 0.220. The second-order valence-corrected chi connectivity index (χ2v) is 9.83. The molecule has 0 atom stereocenters. The second kappa shape index (κ2) is 7.67. The number of rotatable bonds is 5. The summed E-state index contributed by atoms with van der Waals surface area (Å²) < 4.78 is 4.92. The summed E-state index contributed by atoms with van der Waals surface area (Å²) in [5.41, 5.74) is 9.48. The van der Waals surface area contributed by atoms with Crippen molar-refractivity contribution in [3.63, 3.8) is 0 Å². The number of carbonyl (C=O) groups is 1. The molecule has 2 aromatic heterocycles. The molecule has 4 heteroatoms. The van der Waals surface area contributed by atoms with Crippen LogP contribution in [0.2, 0.25) is 0 Å². The number of likely N-dealkylation sites (N-methyl/N-ethyl adjacent to an activating group) is 1. The molecule has 0 unspecified atom stereocenters. The van der Waals surface area contributed by atoms with Crippen LogP contribution in [0.15, 0.2) is 23.3 Å². The van der Waals surface area contributed by atoms with Crippen LogP contribution in [0, 0.1) is 27.7 Å². The van der Waals surface area contributed by atoms with Crippen LogP contribution >= 0.6 is 0 Å². The predicted molar refractivity (Wildman–Crippen MR) is 127 cm³/mol. The standard InChI is InChI=1S/C27H35N3O/c1-6-28-15-23(13-21-11-17(2)29(19(21)4)25-7-8-25)27(31)24(16-28)14-22-12-18(3)30(20(22)5)26-9-10-26/h11-14,25-26H,6-10,15-16H2,1-5H3. The summed E-state index contributed by atoms with van der Waals surface area (Å²) in [4.78, 5) is 15.9. The molecule has 31 heavy (non-hydrogen) atoms. The third-order valence-electron chi connectivity index (χ3n) is 7.35. The highest BCUT2D eigenvalue weighted by Gasteiger charge is 2.30. The summed E-state index contributed by atoms with van der Waals surface area (Å²) in [5, 5.41) is 0. The molecule has 0 N–H and O–H groups in total. The lowest BCUT2D eigenvalue weighted by molar-refractivity contribution is -0.113. The van der Waals surface area contributed by atoms with Gasteiger partial charge in [-0.15, -0.1) is 0 Å². The Bertz CT molecular complexity index is 1020. The van der Waals surface area contributed by atoms with Gasteiger partial charge >= 0.3 is 0 Å². The van der Waals surface area contributed by atoms with Crippen molar-refractivity contribution in [1.82, 2.24) is 14.0 Å². The highest BCUT2D eigenvalue weighted by atomic mass is 16.1. The van der Waals surface area contributed by atoms with Crippen molar-refractivity contribution in [3.05, 3.63) is 57.2 Å². The van der Waals surface area contributed by atoms with Crippen molar-refractivity contribution in [2.75, 3.05) is 19.6 Å². The van der Waals surface area contributed by atoms with E-state index in [4.69, 9.17) is 0 Å². The smallest absolute Gasteiger partial charge is 0.187 e. The molecule has 5 rings (SSSR count). The molecule has 1 aliphatic heterocycles. The monoisotopic (exact) mass is 417 g/mol. The van der Waals surface area contributed by atoms with E-state index in [2.05, 4.69) is 72.9 Å². The molecule has 0 aromatic carbocycles. The topological polar surface area (TPSA) is 30.2 Å². The second-order valence-electron chi connectivity index (χ2n) is 9.83. The summed E-state index contributed by atoms with van der Waals surface area (Å²) in [7, 11) is 0. The molecule has 2 aromatic rings. The lowest BCUT2D eigenvalue weighted by Gasteiger charge is -2.28. The zero-order valence-corrected chi connectivity index (χ0v) is 19.7. The molecule has 3 heterocycles. The van der Waals surface area contributed by atoms with Crippen LogP contribution < -0.4 is 0 Å². The van der Waals surface area contributed by atoms with Crippen molar-refractivity contribution in [2.45, 2.75) is 72.4 Å². The third kappa shape index (κ3) is 3.76. The fraction of sp³-hybridized carbons (Fsp3) is 0.519. The normalized spacial score (nSPS) is 22.8. The van der Waals surface area contributed by atoms with E-state index in [0.717, 1.165) is 30.8 Å². The first-order valence-electron chi connectivity index (χ1n) is 11.9. The zero-order chi connectivity index (χ0) is 21.9. The number of Topliss-reactive ketones (excluding diaryl/α,β-unsaturated/α-hetero) is 1. The molecule has 0 radical (unpaired) electrons. The minimum Gasteiger partial charge on any atom is -0.346 e. The molecular weight excluding hydrogens is 382 g/mol. The van der Waals surface area contributed by atoms with Crippen molar-refractivity contribution in [3.8, 4) is 0 Å². The lowest BCUT2D eigenvalue weighted by Crippen LogP contribution is -2.37. The van der Waals surface area contributed by atoms with E-state index in [0.29, 0.717) is 12.1 Å². The van der Waals surface area contributed by atoms with Gasteiger partial charge in [0.05, 0.1) is 0 Å². The number of ketones is 1. The average molecular weight is 418 g/mol. The van der Waals surface area contributed by atoms with Gasteiger partial charge in [0.2, 0.25) is 0 Å².